The number of rotatable bonds is 4. The molecule has 1 aromatic carbocycles. The second-order valence-electron chi connectivity index (χ2n) is 5.05. The topological polar surface area (TPSA) is 53.2 Å². The van der Waals surface area contributed by atoms with Crippen molar-refractivity contribution in [2.24, 2.45) is 5.92 Å². The summed E-state index contributed by atoms with van der Waals surface area (Å²) < 4.78 is -1.75. The zero-order valence-electron chi connectivity index (χ0n) is 12.4. The summed E-state index contributed by atoms with van der Waals surface area (Å²) in [5.41, 5.74) is 1.85. The van der Waals surface area contributed by atoms with Crippen LogP contribution in [-0.2, 0) is 4.79 Å². The number of thiocarbonyl (C=S) groups is 1. The van der Waals surface area contributed by atoms with Gasteiger partial charge < -0.3 is 16.0 Å². The minimum absolute atomic E-state index is 0.241. The largest absolute Gasteiger partial charge is 0.339 e. The molecule has 1 rings (SSSR count). The Bertz CT molecular complexity index is 546. The number of anilines is 1. The van der Waals surface area contributed by atoms with Crippen molar-refractivity contribution in [3.05, 3.63) is 29.8 Å². The van der Waals surface area contributed by atoms with Crippen LogP contribution in [-0.4, -0.2) is 21.0 Å². The summed E-state index contributed by atoms with van der Waals surface area (Å²) >= 11 is 22.9. The summed E-state index contributed by atoms with van der Waals surface area (Å²) in [6.07, 6.45) is -0.948. The van der Waals surface area contributed by atoms with Crippen molar-refractivity contribution in [3.63, 3.8) is 0 Å². The van der Waals surface area contributed by atoms with Crippen LogP contribution in [0.1, 0.15) is 19.4 Å². The molecule has 1 aromatic rings. The molecular weight excluding hydrogens is 365 g/mol. The third-order valence-corrected chi connectivity index (χ3v) is 3.68. The molecule has 0 aromatic heterocycles. The van der Waals surface area contributed by atoms with Gasteiger partial charge in [-0.2, -0.15) is 0 Å². The molecule has 0 fully saturated rings. The van der Waals surface area contributed by atoms with Gasteiger partial charge in [0.15, 0.2) is 5.11 Å². The molecule has 0 aliphatic heterocycles. The molecule has 0 unspecified atom stereocenters. The van der Waals surface area contributed by atoms with E-state index in [0.29, 0.717) is 0 Å². The predicted octanol–water partition coefficient (Wildman–Crippen LogP) is 3.75. The second kappa shape index (κ2) is 8.20. The van der Waals surface area contributed by atoms with Gasteiger partial charge in [0.25, 0.3) is 0 Å². The maximum atomic E-state index is 11.8. The maximum Gasteiger partial charge on any atom is 0.228 e. The average Bonchev–Trinajstić information content (AvgIpc) is 2.39. The van der Waals surface area contributed by atoms with Gasteiger partial charge in [-0.3, -0.25) is 4.79 Å². The molecule has 0 spiro atoms. The fourth-order valence-electron chi connectivity index (χ4n) is 1.51. The van der Waals surface area contributed by atoms with E-state index in [2.05, 4.69) is 16.0 Å². The number of nitrogens with one attached hydrogen (secondary N) is 3. The second-order valence-corrected chi connectivity index (χ2v) is 7.83. The van der Waals surface area contributed by atoms with Crippen LogP contribution in [0.25, 0.3) is 0 Å². The summed E-state index contributed by atoms with van der Waals surface area (Å²) in [5, 5.41) is 8.68. The summed E-state index contributed by atoms with van der Waals surface area (Å²) in [6, 6.07) is 7.62. The molecule has 0 radical (unpaired) electrons. The fraction of sp³-hybridized carbons (Fsp3) is 0.429. The van der Waals surface area contributed by atoms with E-state index < -0.39 is 9.96 Å². The first kappa shape index (κ1) is 19.3. The number of aryl methyl sites for hydroxylation is 1. The Kier molecular flexibility index (Phi) is 7.19. The molecule has 22 heavy (non-hydrogen) atoms. The highest BCUT2D eigenvalue weighted by molar-refractivity contribution is 7.80. The highest BCUT2D eigenvalue weighted by atomic mass is 35.6. The summed E-state index contributed by atoms with van der Waals surface area (Å²) in [5.74, 6) is -0.489. The number of hydrogen-bond donors (Lipinski definition) is 3. The molecule has 0 saturated carbocycles. The lowest BCUT2D eigenvalue weighted by molar-refractivity contribution is -0.124. The quantitative estimate of drug-likeness (QED) is 0.422. The Morgan fingerprint density at radius 1 is 1.18 bits per heavy atom. The van der Waals surface area contributed by atoms with Crippen LogP contribution in [0, 0.1) is 12.8 Å². The summed E-state index contributed by atoms with van der Waals surface area (Å²) in [4.78, 5) is 11.8. The molecule has 0 saturated heterocycles. The molecule has 122 valence electrons. The predicted molar refractivity (Wildman–Crippen MR) is 97.6 cm³/mol. The van der Waals surface area contributed by atoms with Gasteiger partial charge in [-0.05, 0) is 30.8 Å². The molecule has 4 nitrogen and oxygen atoms in total. The minimum Gasteiger partial charge on any atom is -0.339 e. The van der Waals surface area contributed by atoms with Crippen molar-refractivity contribution >= 4 is 63.7 Å². The van der Waals surface area contributed by atoms with Crippen molar-refractivity contribution < 1.29 is 4.79 Å². The van der Waals surface area contributed by atoms with Gasteiger partial charge in [0.2, 0.25) is 9.70 Å². The van der Waals surface area contributed by atoms with Gasteiger partial charge in [-0.25, -0.2) is 0 Å². The molecule has 0 aliphatic rings. The van der Waals surface area contributed by atoms with Gasteiger partial charge in [0.1, 0.15) is 6.17 Å². The van der Waals surface area contributed by atoms with Crippen molar-refractivity contribution in [1.29, 1.82) is 0 Å². The standard InChI is InChI=1S/C14H18Cl3N3OS/c1-8(2)11(21)19-12(14(15,16)17)20-13(22)18-10-7-5-4-6-9(10)3/h4-8,12H,1-3H3,(H,19,21)(H2,18,20,22)/t12-/m0/s1. The molecule has 0 bridgehead atoms. The monoisotopic (exact) mass is 381 g/mol. The minimum atomic E-state index is -1.75. The van der Waals surface area contributed by atoms with Gasteiger partial charge >= 0.3 is 0 Å². The van der Waals surface area contributed by atoms with Crippen molar-refractivity contribution in [2.45, 2.75) is 30.7 Å². The lowest BCUT2D eigenvalue weighted by atomic mass is 10.2. The van der Waals surface area contributed by atoms with Crippen LogP contribution in [0.3, 0.4) is 0 Å². The van der Waals surface area contributed by atoms with E-state index in [9.17, 15) is 4.79 Å². The Balaban J connectivity index is 2.75. The normalized spacial score (nSPS) is 12.7. The Labute approximate surface area is 150 Å². The van der Waals surface area contributed by atoms with Gasteiger partial charge in [0.05, 0.1) is 0 Å². The Hall–Kier alpha value is -0.750. The molecular formula is C14H18Cl3N3OS. The van der Waals surface area contributed by atoms with E-state index in [1.807, 2.05) is 31.2 Å². The number of hydrogen-bond acceptors (Lipinski definition) is 2. The smallest absolute Gasteiger partial charge is 0.228 e. The van der Waals surface area contributed by atoms with Crippen molar-refractivity contribution in [1.82, 2.24) is 10.6 Å². The molecule has 0 aliphatic carbocycles. The molecule has 8 heteroatoms. The van der Waals surface area contributed by atoms with E-state index in [1.54, 1.807) is 13.8 Å². The number of benzene rings is 1. The molecule has 0 heterocycles. The fourth-order valence-corrected chi connectivity index (χ4v) is 2.07. The van der Waals surface area contributed by atoms with E-state index in [0.717, 1.165) is 11.3 Å². The van der Waals surface area contributed by atoms with Crippen LogP contribution in [0.4, 0.5) is 5.69 Å². The van der Waals surface area contributed by atoms with Crippen LogP contribution < -0.4 is 16.0 Å². The van der Waals surface area contributed by atoms with E-state index in [4.69, 9.17) is 47.0 Å². The lowest BCUT2D eigenvalue weighted by Crippen LogP contribution is -2.56. The van der Waals surface area contributed by atoms with Crippen molar-refractivity contribution in [3.8, 4) is 0 Å². The Morgan fingerprint density at radius 2 is 1.77 bits per heavy atom. The van der Waals surface area contributed by atoms with Gasteiger partial charge in [0, 0.05) is 11.6 Å². The SMILES string of the molecule is Cc1ccccc1NC(=S)N[C@H](NC(=O)C(C)C)C(Cl)(Cl)Cl. The highest BCUT2D eigenvalue weighted by Crippen LogP contribution is 2.29. The number of carbonyl (C=O) groups excluding carboxylic acids is 1. The summed E-state index contributed by atoms with van der Waals surface area (Å²) in [7, 11) is 0. The van der Waals surface area contributed by atoms with Crippen molar-refractivity contribution in [2.75, 3.05) is 5.32 Å². The zero-order chi connectivity index (χ0) is 16.9. The Morgan fingerprint density at radius 3 is 2.27 bits per heavy atom. The van der Waals surface area contributed by atoms with Gasteiger partial charge in [-0.15, -0.1) is 0 Å². The first-order chi connectivity index (χ1) is 10.1. The van der Waals surface area contributed by atoms with E-state index >= 15 is 0 Å². The first-order valence-electron chi connectivity index (χ1n) is 6.61. The summed E-state index contributed by atoms with van der Waals surface area (Å²) in [6.45, 7) is 5.43. The third-order valence-electron chi connectivity index (χ3n) is 2.81. The van der Waals surface area contributed by atoms with Gasteiger partial charge in [-0.1, -0.05) is 66.8 Å². The van der Waals surface area contributed by atoms with E-state index in [-0.39, 0.29) is 16.9 Å². The third kappa shape index (κ3) is 6.16. The van der Waals surface area contributed by atoms with Crippen LogP contribution in [0.15, 0.2) is 24.3 Å². The van der Waals surface area contributed by atoms with Crippen LogP contribution >= 0.6 is 47.0 Å². The zero-order valence-corrected chi connectivity index (χ0v) is 15.5. The number of carbonyl (C=O) groups is 1. The molecule has 1 amide bonds. The number of alkyl halides is 3. The number of amides is 1. The average molecular weight is 383 g/mol. The highest BCUT2D eigenvalue weighted by Gasteiger charge is 2.35. The van der Waals surface area contributed by atoms with Crippen LogP contribution in [0.5, 0.6) is 0 Å². The first-order valence-corrected chi connectivity index (χ1v) is 8.15. The molecule has 3 N–H and O–H groups in total. The maximum absolute atomic E-state index is 11.8. The molecule has 1 atom stereocenters. The number of halogens is 3. The lowest BCUT2D eigenvalue weighted by Gasteiger charge is -2.28. The van der Waals surface area contributed by atoms with E-state index in [1.165, 1.54) is 0 Å². The van der Waals surface area contributed by atoms with Crippen LogP contribution in [0.2, 0.25) is 0 Å². The number of para-hydroxylation sites is 1.